The van der Waals surface area contributed by atoms with Gasteiger partial charge in [-0.2, -0.15) is 5.10 Å². The van der Waals surface area contributed by atoms with Crippen LogP contribution in [0.15, 0.2) is 65.4 Å². The van der Waals surface area contributed by atoms with Gasteiger partial charge in [-0.25, -0.2) is 8.78 Å². The molecule has 32 heavy (non-hydrogen) atoms. The second-order valence-corrected chi connectivity index (χ2v) is 8.25. The monoisotopic (exact) mass is 434 g/mol. The fraction of sp³-hybridized carbons (Fsp3) is 0.208. The Bertz CT molecular complexity index is 1330. The van der Waals surface area contributed by atoms with Crippen LogP contribution in [0, 0.1) is 11.6 Å². The van der Waals surface area contributed by atoms with E-state index in [0.717, 1.165) is 28.8 Å². The maximum Gasteiger partial charge on any atom is 0.276 e. The highest BCUT2D eigenvalue weighted by atomic mass is 19.1. The zero-order valence-electron chi connectivity index (χ0n) is 17.5. The lowest BCUT2D eigenvalue weighted by Gasteiger charge is -2.41. The predicted octanol–water partition coefficient (Wildman–Crippen LogP) is 4.32. The summed E-state index contributed by atoms with van der Waals surface area (Å²) in [6.07, 6.45) is 3.77. The first kappa shape index (κ1) is 20.1. The average molecular weight is 434 g/mol. The second kappa shape index (κ2) is 7.40. The van der Waals surface area contributed by atoms with Crippen LogP contribution >= 0.6 is 0 Å². The summed E-state index contributed by atoms with van der Waals surface area (Å²) in [5, 5.41) is 8.18. The third-order valence-electron chi connectivity index (χ3n) is 6.04. The van der Waals surface area contributed by atoms with E-state index < -0.39 is 17.0 Å². The molecule has 8 heteroatoms. The van der Waals surface area contributed by atoms with Crippen molar-refractivity contribution in [3.63, 3.8) is 0 Å². The maximum absolute atomic E-state index is 14.1. The van der Waals surface area contributed by atoms with Crippen molar-refractivity contribution in [3.05, 3.63) is 94.9 Å². The van der Waals surface area contributed by atoms with Crippen molar-refractivity contribution >= 4 is 5.91 Å². The number of nitrogens with zero attached hydrogens (tertiary/aromatic N) is 4. The lowest BCUT2D eigenvalue weighted by molar-refractivity contribution is 0.0685. The molecule has 3 heterocycles. The van der Waals surface area contributed by atoms with Crippen molar-refractivity contribution in [1.29, 1.82) is 0 Å². The molecule has 0 unspecified atom stereocenters. The number of rotatable bonds is 3. The SMILES string of the molecule is Cn1cc([C@]2(C)CN(C(=O)c3cc(-c4ccc(F)cc4F)on3)Cc3ccccc32)cn1. The third kappa shape index (κ3) is 3.28. The lowest BCUT2D eigenvalue weighted by atomic mass is 9.73. The molecular formula is C24H20F2N4O2. The molecule has 0 N–H and O–H groups in total. The number of aryl methyl sites for hydroxylation is 1. The number of aromatic nitrogens is 3. The first-order valence-corrected chi connectivity index (χ1v) is 10.1. The van der Waals surface area contributed by atoms with Crippen LogP contribution in [-0.2, 0) is 19.0 Å². The normalized spacial score (nSPS) is 17.9. The highest BCUT2D eigenvalue weighted by Gasteiger charge is 2.40. The van der Waals surface area contributed by atoms with E-state index in [1.807, 2.05) is 37.6 Å². The van der Waals surface area contributed by atoms with Gasteiger partial charge < -0.3 is 9.42 Å². The highest BCUT2D eigenvalue weighted by Crippen LogP contribution is 2.39. The summed E-state index contributed by atoms with van der Waals surface area (Å²) >= 11 is 0. The zero-order valence-corrected chi connectivity index (χ0v) is 17.5. The number of benzene rings is 2. The number of carbonyl (C=O) groups excluding carboxylic acids is 1. The molecule has 0 saturated carbocycles. The molecule has 2 aromatic heterocycles. The standard InChI is InChI=1S/C24H20F2N4O2/c1-24(16-11-27-29(2)13-16)14-30(12-15-5-3-4-6-19(15)24)23(31)21-10-22(32-28-21)18-8-7-17(25)9-20(18)26/h3-11,13H,12,14H2,1-2H3/t24-/m0/s1. The third-order valence-corrected chi connectivity index (χ3v) is 6.04. The summed E-state index contributed by atoms with van der Waals surface area (Å²) in [6.45, 7) is 2.92. The van der Waals surface area contributed by atoms with Crippen LogP contribution in [0.5, 0.6) is 0 Å². The fourth-order valence-electron chi connectivity index (χ4n) is 4.38. The van der Waals surface area contributed by atoms with Crippen LogP contribution in [0.1, 0.15) is 34.1 Å². The number of fused-ring (bicyclic) bond motifs is 1. The fourth-order valence-corrected chi connectivity index (χ4v) is 4.38. The summed E-state index contributed by atoms with van der Waals surface area (Å²) in [6, 6.07) is 12.6. The molecule has 162 valence electrons. The van der Waals surface area contributed by atoms with E-state index in [0.29, 0.717) is 13.1 Å². The Morgan fingerprint density at radius 3 is 2.72 bits per heavy atom. The van der Waals surface area contributed by atoms with Crippen molar-refractivity contribution < 1.29 is 18.1 Å². The van der Waals surface area contributed by atoms with Gasteiger partial charge >= 0.3 is 0 Å². The number of hydrogen-bond donors (Lipinski definition) is 0. The summed E-state index contributed by atoms with van der Waals surface area (Å²) in [7, 11) is 1.86. The Balaban J connectivity index is 1.49. The molecule has 5 rings (SSSR count). The summed E-state index contributed by atoms with van der Waals surface area (Å²) in [4.78, 5) is 15.1. The molecule has 0 aliphatic carbocycles. The van der Waals surface area contributed by atoms with Gasteiger partial charge in [0.2, 0.25) is 0 Å². The van der Waals surface area contributed by atoms with Crippen molar-refractivity contribution in [3.8, 4) is 11.3 Å². The van der Waals surface area contributed by atoms with Gasteiger partial charge in [0.1, 0.15) is 11.6 Å². The molecule has 0 spiro atoms. The first-order valence-electron chi connectivity index (χ1n) is 10.1. The van der Waals surface area contributed by atoms with E-state index in [1.54, 1.807) is 9.58 Å². The van der Waals surface area contributed by atoms with Gasteiger partial charge in [0.15, 0.2) is 11.5 Å². The number of amides is 1. The molecule has 0 saturated heterocycles. The van der Waals surface area contributed by atoms with Crippen LogP contribution < -0.4 is 0 Å². The van der Waals surface area contributed by atoms with Crippen molar-refractivity contribution in [2.75, 3.05) is 6.54 Å². The van der Waals surface area contributed by atoms with Gasteiger partial charge in [-0.1, -0.05) is 29.4 Å². The highest BCUT2D eigenvalue weighted by molar-refractivity contribution is 5.93. The van der Waals surface area contributed by atoms with E-state index in [1.165, 1.54) is 12.1 Å². The number of halogens is 2. The molecule has 4 aromatic rings. The Morgan fingerprint density at radius 2 is 1.97 bits per heavy atom. The first-order chi connectivity index (χ1) is 15.3. The van der Waals surface area contributed by atoms with Gasteiger partial charge in [-0.15, -0.1) is 0 Å². The van der Waals surface area contributed by atoms with E-state index in [9.17, 15) is 13.6 Å². The summed E-state index contributed by atoms with van der Waals surface area (Å²) in [5.74, 6) is -1.73. The molecule has 0 bridgehead atoms. The predicted molar refractivity (Wildman–Crippen MR) is 113 cm³/mol. The molecule has 1 amide bonds. The molecule has 0 fully saturated rings. The van der Waals surface area contributed by atoms with E-state index in [4.69, 9.17) is 4.52 Å². The van der Waals surface area contributed by atoms with Gasteiger partial charge in [0.25, 0.3) is 5.91 Å². The Morgan fingerprint density at radius 1 is 1.16 bits per heavy atom. The van der Waals surface area contributed by atoms with Gasteiger partial charge in [-0.05, 0) is 30.2 Å². The van der Waals surface area contributed by atoms with E-state index in [-0.39, 0.29) is 22.9 Å². The summed E-state index contributed by atoms with van der Waals surface area (Å²) in [5.41, 5.74) is 2.82. The quantitative estimate of drug-likeness (QED) is 0.482. The number of carbonyl (C=O) groups is 1. The second-order valence-electron chi connectivity index (χ2n) is 8.25. The minimum atomic E-state index is -0.781. The topological polar surface area (TPSA) is 64.2 Å². The van der Waals surface area contributed by atoms with Gasteiger partial charge in [0.05, 0.1) is 11.8 Å². The Labute approximate surface area is 183 Å². The van der Waals surface area contributed by atoms with Gasteiger partial charge in [-0.3, -0.25) is 9.48 Å². The minimum Gasteiger partial charge on any atom is -0.355 e. The van der Waals surface area contributed by atoms with Crippen molar-refractivity contribution in [2.45, 2.75) is 18.9 Å². The molecule has 6 nitrogen and oxygen atoms in total. The zero-order chi connectivity index (χ0) is 22.5. The molecule has 1 atom stereocenters. The smallest absolute Gasteiger partial charge is 0.276 e. The van der Waals surface area contributed by atoms with Crippen LogP contribution in [-0.4, -0.2) is 32.3 Å². The Kier molecular flexibility index (Phi) is 4.65. The Hall–Kier alpha value is -3.81. The van der Waals surface area contributed by atoms with Crippen LogP contribution in [0.3, 0.4) is 0 Å². The largest absolute Gasteiger partial charge is 0.355 e. The van der Waals surface area contributed by atoms with Crippen LogP contribution in [0.4, 0.5) is 8.78 Å². The molecule has 1 aliphatic rings. The molecule has 0 radical (unpaired) electrons. The maximum atomic E-state index is 14.1. The molecular weight excluding hydrogens is 414 g/mol. The van der Waals surface area contributed by atoms with E-state index in [2.05, 4.69) is 23.2 Å². The van der Waals surface area contributed by atoms with Crippen molar-refractivity contribution in [2.24, 2.45) is 7.05 Å². The molecule has 1 aliphatic heterocycles. The number of hydrogen-bond acceptors (Lipinski definition) is 4. The van der Waals surface area contributed by atoms with E-state index >= 15 is 0 Å². The molecule has 2 aromatic carbocycles. The van der Waals surface area contributed by atoms with Crippen LogP contribution in [0.25, 0.3) is 11.3 Å². The van der Waals surface area contributed by atoms with Gasteiger partial charge in [0, 0.05) is 49.4 Å². The lowest BCUT2D eigenvalue weighted by Crippen LogP contribution is -2.47. The average Bonchev–Trinajstić information content (AvgIpc) is 3.43. The van der Waals surface area contributed by atoms with Crippen molar-refractivity contribution in [1.82, 2.24) is 19.8 Å². The van der Waals surface area contributed by atoms with Crippen LogP contribution in [0.2, 0.25) is 0 Å². The summed E-state index contributed by atoms with van der Waals surface area (Å²) < 4.78 is 34.3. The minimum absolute atomic E-state index is 0.0436.